The molecule has 0 spiro atoms. The van der Waals surface area contributed by atoms with E-state index in [0.717, 1.165) is 21.7 Å². The van der Waals surface area contributed by atoms with Crippen molar-refractivity contribution in [2.45, 2.75) is 25.2 Å². The summed E-state index contributed by atoms with van der Waals surface area (Å²) in [6, 6.07) is 7.97. The molecule has 166 valence electrons. The van der Waals surface area contributed by atoms with E-state index >= 15 is 0 Å². The second-order valence-electron chi connectivity index (χ2n) is 7.12. The third kappa shape index (κ3) is 3.78. The van der Waals surface area contributed by atoms with Gasteiger partial charge in [-0.1, -0.05) is 29.3 Å². The first kappa shape index (κ1) is 22.0. The van der Waals surface area contributed by atoms with E-state index in [1.807, 2.05) is 0 Å². The van der Waals surface area contributed by atoms with Gasteiger partial charge in [-0.05, 0) is 53.7 Å². The molecule has 32 heavy (non-hydrogen) atoms. The van der Waals surface area contributed by atoms with Crippen LogP contribution < -0.4 is 5.32 Å². The predicted molar refractivity (Wildman–Crippen MR) is 107 cm³/mol. The Labute approximate surface area is 188 Å². The first-order valence-electron chi connectivity index (χ1n) is 9.05. The molecule has 1 aliphatic rings. The van der Waals surface area contributed by atoms with Crippen LogP contribution in [0.5, 0.6) is 0 Å². The molecule has 8 nitrogen and oxygen atoms in total. The van der Waals surface area contributed by atoms with E-state index in [2.05, 4.69) is 20.8 Å². The number of aromatic nitrogens is 4. The number of urea groups is 1. The van der Waals surface area contributed by atoms with Crippen LogP contribution >= 0.6 is 23.2 Å². The van der Waals surface area contributed by atoms with Crippen molar-refractivity contribution >= 4 is 35.1 Å². The molecule has 2 heterocycles. The molecule has 0 radical (unpaired) electrons. The van der Waals surface area contributed by atoms with Crippen molar-refractivity contribution < 1.29 is 22.8 Å². The number of nitrogens with zero attached hydrogens (tertiary/aromatic N) is 5. The molecule has 1 aliphatic heterocycles. The van der Waals surface area contributed by atoms with Crippen LogP contribution in [0, 0.1) is 0 Å². The highest BCUT2D eigenvalue weighted by atomic mass is 35.5. The number of hydrogen-bond acceptors (Lipinski definition) is 5. The van der Waals surface area contributed by atoms with Gasteiger partial charge < -0.3 is 5.32 Å². The monoisotopic (exact) mass is 484 g/mol. The molecule has 1 fully saturated rings. The van der Waals surface area contributed by atoms with E-state index in [0.29, 0.717) is 10.6 Å². The van der Waals surface area contributed by atoms with Gasteiger partial charge >= 0.3 is 12.2 Å². The lowest BCUT2D eigenvalue weighted by Crippen LogP contribution is -2.41. The normalized spacial score (nSPS) is 18.9. The van der Waals surface area contributed by atoms with Crippen LogP contribution in [0.3, 0.4) is 0 Å². The van der Waals surface area contributed by atoms with Gasteiger partial charge in [-0.15, -0.1) is 5.10 Å². The molecule has 3 aromatic rings. The molecule has 13 heteroatoms. The summed E-state index contributed by atoms with van der Waals surface area (Å²) in [5.41, 5.74) is -1.70. The van der Waals surface area contributed by atoms with Crippen molar-refractivity contribution in [2.75, 3.05) is 0 Å². The van der Waals surface area contributed by atoms with Gasteiger partial charge in [0.1, 0.15) is 5.54 Å². The number of hydrogen-bond donors (Lipinski definition) is 1. The Hall–Kier alpha value is -3.18. The second kappa shape index (κ2) is 7.75. The van der Waals surface area contributed by atoms with E-state index in [1.54, 1.807) is 12.1 Å². The number of alkyl halides is 3. The van der Waals surface area contributed by atoms with Gasteiger partial charge in [0.2, 0.25) is 0 Å². The van der Waals surface area contributed by atoms with Crippen molar-refractivity contribution in [1.29, 1.82) is 0 Å². The fourth-order valence-electron chi connectivity index (χ4n) is 3.36. The fraction of sp³-hybridized carbons (Fsp3) is 0.211. The fourth-order valence-corrected chi connectivity index (χ4v) is 3.95. The van der Waals surface area contributed by atoms with Crippen molar-refractivity contribution in [1.82, 2.24) is 30.4 Å². The number of rotatable bonds is 4. The summed E-state index contributed by atoms with van der Waals surface area (Å²) in [5.74, 6) is -0.534. The van der Waals surface area contributed by atoms with Crippen molar-refractivity contribution in [3.05, 3.63) is 69.5 Å². The van der Waals surface area contributed by atoms with Gasteiger partial charge in [-0.25, -0.2) is 4.79 Å². The van der Waals surface area contributed by atoms with E-state index in [9.17, 15) is 22.8 Å². The highest BCUT2D eigenvalue weighted by Gasteiger charge is 2.50. The third-order valence-corrected chi connectivity index (χ3v) is 5.57. The van der Waals surface area contributed by atoms with E-state index in [4.69, 9.17) is 23.2 Å². The minimum atomic E-state index is -4.49. The topological polar surface area (TPSA) is 93.0 Å². The lowest BCUT2D eigenvalue weighted by Gasteiger charge is -2.23. The molecule has 1 unspecified atom stereocenters. The molecule has 0 aliphatic carbocycles. The summed E-state index contributed by atoms with van der Waals surface area (Å²) >= 11 is 12.1. The standard InChI is InChI=1S/C19H13Cl2F3N6O2/c1-18(13-7-4-11(20)8-14(13)21)16(31)29(17(32)25-18)9-15-26-27-28-30(15)12-5-2-10(3-6-12)19(22,23)24/h2-8H,9H2,1H3,(H,25,32). The van der Waals surface area contributed by atoms with Gasteiger partial charge in [-0.3, -0.25) is 9.69 Å². The molecular formula is C19H13Cl2F3N6O2. The first-order valence-corrected chi connectivity index (χ1v) is 9.81. The van der Waals surface area contributed by atoms with Crippen molar-refractivity contribution in [3.63, 3.8) is 0 Å². The molecule has 0 bridgehead atoms. The SMILES string of the molecule is CC1(c2ccc(Cl)cc2Cl)NC(=O)N(Cc2nnnn2-c2ccc(C(F)(F)F)cc2)C1=O. The van der Waals surface area contributed by atoms with E-state index < -0.39 is 29.2 Å². The number of carbonyl (C=O) groups excluding carboxylic acids is 2. The Morgan fingerprint density at radius 3 is 2.41 bits per heavy atom. The predicted octanol–water partition coefficient (Wildman–Crippen LogP) is 3.96. The van der Waals surface area contributed by atoms with Crippen LogP contribution in [0.2, 0.25) is 10.0 Å². The van der Waals surface area contributed by atoms with Crippen molar-refractivity contribution in [2.24, 2.45) is 0 Å². The van der Waals surface area contributed by atoms with Gasteiger partial charge in [0, 0.05) is 15.6 Å². The minimum Gasteiger partial charge on any atom is -0.319 e. The number of benzene rings is 2. The summed E-state index contributed by atoms with van der Waals surface area (Å²) in [4.78, 5) is 26.7. The van der Waals surface area contributed by atoms with E-state index in [1.165, 1.54) is 25.1 Å². The lowest BCUT2D eigenvalue weighted by molar-refractivity contribution is -0.137. The highest BCUT2D eigenvalue weighted by molar-refractivity contribution is 6.35. The molecular weight excluding hydrogens is 472 g/mol. The minimum absolute atomic E-state index is 0.0692. The number of carbonyl (C=O) groups is 2. The number of amides is 3. The van der Waals surface area contributed by atoms with E-state index in [-0.39, 0.29) is 23.1 Å². The Bertz CT molecular complexity index is 1210. The molecule has 1 saturated heterocycles. The largest absolute Gasteiger partial charge is 0.416 e. The Kier molecular flexibility index (Phi) is 5.33. The van der Waals surface area contributed by atoms with Gasteiger partial charge in [0.05, 0.1) is 17.8 Å². The molecule has 0 saturated carbocycles. The summed E-state index contributed by atoms with van der Waals surface area (Å²) in [6.45, 7) is 1.18. The summed E-state index contributed by atoms with van der Waals surface area (Å²) in [5, 5.41) is 14.3. The van der Waals surface area contributed by atoms with Crippen LogP contribution in [0.4, 0.5) is 18.0 Å². The molecule has 1 N–H and O–H groups in total. The average molecular weight is 485 g/mol. The first-order chi connectivity index (χ1) is 15.0. The van der Waals surface area contributed by atoms with Crippen LogP contribution in [0.25, 0.3) is 5.69 Å². The number of nitrogens with one attached hydrogen (secondary N) is 1. The van der Waals surface area contributed by atoms with Crippen LogP contribution in [-0.4, -0.2) is 37.0 Å². The lowest BCUT2D eigenvalue weighted by atomic mass is 9.92. The van der Waals surface area contributed by atoms with Crippen LogP contribution in [-0.2, 0) is 23.1 Å². The Balaban J connectivity index is 1.62. The summed E-state index contributed by atoms with van der Waals surface area (Å²) in [6.07, 6.45) is -4.49. The third-order valence-electron chi connectivity index (χ3n) is 5.02. The zero-order valence-corrected chi connectivity index (χ0v) is 17.7. The Morgan fingerprint density at radius 2 is 1.78 bits per heavy atom. The van der Waals surface area contributed by atoms with Gasteiger partial charge in [0.25, 0.3) is 5.91 Å². The zero-order chi connectivity index (χ0) is 23.3. The number of halogens is 5. The number of imide groups is 1. The molecule has 1 atom stereocenters. The maximum absolute atomic E-state index is 13.2. The quantitative estimate of drug-likeness (QED) is 0.565. The van der Waals surface area contributed by atoms with Crippen LogP contribution in [0.15, 0.2) is 42.5 Å². The molecule has 3 amide bonds. The van der Waals surface area contributed by atoms with Gasteiger partial charge in [-0.2, -0.15) is 17.9 Å². The second-order valence-corrected chi connectivity index (χ2v) is 7.97. The molecule has 4 rings (SSSR count). The van der Waals surface area contributed by atoms with Gasteiger partial charge in [0.15, 0.2) is 5.82 Å². The highest BCUT2D eigenvalue weighted by Crippen LogP contribution is 2.35. The summed E-state index contributed by atoms with van der Waals surface area (Å²) in [7, 11) is 0. The maximum atomic E-state index is 13.2. The smallest absolute Gasteiger partial charge is 0.319 e. The van der Waals surface area contributed by atoms with Crippen LogP contribution in [0.1, 0.15) is 23.9 Å². The molecule has 1 aromatic heterocycles. The number of tetrazole rings is 1. The summed E-state index contributed by atoms with van der Waals surface area (Å²) < 4.78 is 39.6. The zero-order valence-electron chi connectivity index (χ0n) is 16.2. The molecule has 2 aromatic carbocycles. The average Bonchev–Trinajstić information content (AvgIpc) is 3.26. The Morgan fingerprint density at radius 1 is 1.09 bits per heavy atom. The van der Waals surface area contributed by atoms with Crippen molar-refractivity contribution in [3.8, 4) is 5.69 Å². The maximum Gasteiger partial charge on any atom is 0.416 e.